The first-order chi connectivity index (χ1) is 11.5. The van der Waals surface area contributed by atoms with Crippen molar-refractivity contribution in [1.29, 1.82) is 0 Å². The van der Waals surface area contributed by atoms with Crippen molar-refractivity contribution in [2.45, 2.75) is 30.3 Å². The zero-order chi connectivity index (χ0) is 18.8. The van der Waals surface area contributed by atoms with Crippen molar-refractivity contribution in [2.75, 3.05) is 6.26 Å². The number of nitrogens with one attached hydrogen (secondary N) is 1. The number of halogens is 2. The molecular formula is C18H22ClFN2O3S. The van der Waals surface area contributed by atoms with Crippen LogP contribution in [0.25, 0.3) is 0 Å². The Balaban J connectivity index is 0.00000338. The van der Waals surface area contributed by atoms with Gasteiger partial charge in [0.25, 0.3) is 0 Å². The minimum Gasteiger partial charge on any atom is -0.348 e. The number of rotatable bonds is 5. The largest absolute Gasteiger partial charge is 0.348 e. The fourth-order valence-corrected chi connectivity index (χ4v) is 3.16. The van der Waals surface area contributed by atoms with Crippen LogP contribution < -0.4 is 11.1 Å². The summed E-state index contributed by atoms with van der Waals surface area (Å²) >= 11 is 0. The lowest BCUT2D eigenvalue weighted by molar-refractivity contribution is -0.126. The van der Waals surface area contributed by atoms with Gasteiger partial charge in [-0.25, -0.2) is 12.8 Å². The lowest BCUT2D eigenvalue weighted by Gasteiger charge is -2.26. The molecule has 0 heterocycles. The molecule has 0 aliphatic carbocycles. The molecule has 2 rings (SSSR count). The van der Waals surface area contributed by atoms with Crippen molar-refractivity contribution >= 4 is 28.2 Å². The second-order valence-electron chi connectivity index (χ2n) is 6.23. The molecule has 0 fully saturated rings. The van der Waals surface area contributed by atoms with Gasteiger partial charge in [-0.2, -0.15) is 0 Å². The van der Waals surface area contributed by atoms with Gasteiger partial charge in [-0.1, -0.05) is 36.4 Å². The predicted octanol–water partition coefficient (Wildman–Crippen LogP) is 2.70. The second-order valence-corrected chi connectivity index (χ2v) is 8.21. The van der Waals surface area contributed by atoms with Crippen molar-refractivity contribution in [3.63, 3.8) is 0 Å². The first-order valence-electron chi connectivity index (χ1n) is 7.68. The SMILES string of the molecule is CC(NC(=O)C(C)(N)c1ccccc1)c1ccc(S(C)(=O)=O)c(F)c1.Cl. The van der Waals surface area contributed by atoms with E-state index < -0.39 is 33.1 Å². The first-order valence-corrected chi connectivity index (χ1v) is 9.57. The number of nitrogens with two attached hydrogens (primary N) is 1. The number of benzene rings is 2. The zero-order valence-corrected chi connectivity index (χ0v) is 16.3. The van der Waals surface area contributed by atoms with Crippen molar-refractivity contribution < 1.29 is 17.6 Å². The van der Waals surface area contributed by atoms with Crippen molar-refractivity contribution in [3.05, 3.63) is 65.5 Å². The van der Waals surface area contributed by atoms with E-state index in [2.05, 4.69) is 5.32 Å². The average molecular weight is 401 g/mol. The van der Waals surface area contributed by atoms with E-state index in [1.54, 1.807) is 38.1 Å². The molecule has 3 N–H and O–H groups in total. The quantitative estimate of drug-likeness (QED) is 0.807. The number of amides is 1. The molecule has 142 valence electrons. The molecule has 0 bridgehead atoms. The summed E-state index contributed by atoms with van der Waals surface area (Å²) in [4.78, 5) is 12.2. The molecule has 0 saturated heterocycles. The molecule has 0 spiro atoms. The number of carbonyl (C=O) groups excluding carboxylic acids is 1. The van der Waals surface area contributed by atoms with Gasteiger partial charge in [0, 0.05) is 6.26 Å². The summed E-state index contributed by atoms with van der Waals surface area (Å²) < 4.78 is 37.0. The number of hydrogen-bond acceptors (Lipinski definition) is 4. The minimum absolute atomic E-state index is 0. The van der Waals surface area contributed by atoms with Gasteiger partial charge in [0.05, 0.1) is 6.04 Å². The Morgan fingerprint density at radius 1 is 1.19 bits per heavy atom. The fraction of sp³-hybridized carbons (Fsp3) is 0.278. The average Bonchev–Trinajstić information content (AvgIpc) is 2.54. The molecular weight excluding hydrogens is 379 g/mol. The summed E-state index contributed by atoms with van der Waals surface area (Å²) in [5.41, 5.74) is 6.00. The molecule has 2 atom stereocenters. The zero-order valence-electron chi connectivity index (χ0n) is 14.7. The van der Waals surface area contributed by atoms with Gasteiger partial charge < -0.3 is 11.1 Å². The number of carbonyl (C=O) groups is 1. The highest BCUT2D eigenvalue weighted by Crippen LogP contribution is 2.22. The Bertz CT molecular complexity index is 887. The molecule has 0 aromatic heterocycles. The molecule has 2 aromatic carbocycles. The van der Waals surface area contributed by atoms with Crippen LogP contribution in [0.4, 0.5) is 4.39 Å². The Hall–Kier alpha value is -1.96. The van der Waals surface area contributed by atoms with E-state index in [0.717, 1.165) is 12.3 Å². The van der Waals surface area contributed by atoms with E-state index in [0.29, 0.717) is 11.1 Å². The van der Waals surface area contributed by atoms with Crippen molar-refractivity contribution in [1.82, 2.24) is 5.32 Å². The summed E-state index contributed by atoms with van der Waals surface area (Å²) in [6.07, 6.45) is 0.940. The molecule has 8 heteroatoms. The maximum Gasteiger partial charge on any atom is 0.244 e. The third kappa shape index (κ3) is 4.81. The monoisotopic (exact) mass is 400 g/mol. The topological polar surface area (TPSA) is 89.3 Å². The summed E-state index contributed by atoms with van der Waals surface area (Å²) in [6.45, 7) is 3.27. The standard InChI is InChI=1S/C18H21FN2O3S.ClH/c1-12(13-9-10-16(15(19)11-13)25(3,23)24)21-17(22)18(2,20)14-7-5-4-6-8-14;/h4-12H,20H2,1-3H3,(H,21,22);1H. The van der Waals surface area contributed by atoms with E-state index in [1.807, 2.05) is 6.07 Å². The Morgan fingerprint density at radius 3 is 2.27 bits per heavy atom. The van der Waals surface area contributed by atoms with E-state index in [9.17, 15) is 17.6 Å². The summed E-state index contributed by atoms with van der Waals surface area (Å²) in [5, 5.41) is 2.74. The van der Waals surface area contributed by atoms with Gasteiger partial charge in [0.2, 0.25) is 5.91 Å². The van der Waals surface area contributed by atoms with E-state index in [1.165, 1.54) is 12.1 Å². The highest BCUT2D eigenvalue weighted by atomic mass is 35.5. The maximum atomic E-state index is 14.0. The third-order valence-electron chi connectivity index (χ3n) is 4.05. The Labute approximate surface area is 159 Å². The van der Waals surface area contributed by atoms with Crippen LogP contribution in [0.5, 0.6) is 0 Å². The Morgan fingerprint density at radius 2 is 1.77 bits per heavy atom. The highest BCUT2D eigenvalue weighted by molar-refractivity contribution is 7.90. The molecule has 0 aliphatic heterocycles. The van der Waals surface area contributed by atoms with Crippen LogP contribution in [0.15, 0.2) is 53.4 Å². The van der Waals surface area contributed by atoms with Crippen LogP contribution in [0.2, 0.25) is 0 Å². The summed E-state index contributed by atoms with van der Waals surface area (Å²) in [5.74, 6) is -1.27. The number of sulfone groups is 1. The van der Waals surface area contributed by atoms with Crippen LogP contribution >= 0.6 is 12.4 Å². The smallest absolute Gasteiger partial charge is 0.244 e. The number of hydrogen-bond donors (Lipinski definition) is 2. The molecule has 0 radical (unpaired) electrons. The Kier molecular flexibility index (Phi) is 6.93. The molecule has 0 saturated carbocycles. The lowest BCUT2D eigenvalue weighted by atomic mass is 9.91. The predicted molar refractivity (Wildman–Crippen MR) is 101 cm³/mol. The van der Waals surface area contributed by atoms with Gasteiger partial charge in [0.1, 0.15) is 16.3 Å². The van der Waals surface area contributed by atoms with Gasteiger partial charge in [0.15, 0.2) is 9.84 Å². The van der Waals surface area contributed by atoms with Gasteiger partial charge in [-0.3, -0.25) is 4.79 Å². The summed E-state index contributed by atoms with van der Waals surface area (Å²) in [6, 6.07) is 12.1. The van der Waals surface area contributed by atoms with Gasteiger partial charge in [-0.15, -0.1) is 12.4 Å². The van der Waals surface area contributed by atoms with Crippen LogP contribution in [0.3, 0.4) is 0 Å². The molecule has 2 aromatic rings. The van der Waals surface area contributed by atoms with E-state index >= 15 is 0 Å². The highest BCUT2D eigenvalue weighted by Gasteiger charge is 2.31. The van der Waals surface area contributed by atoms with Crippen LogP contribution in [-0.4, -0.2) is 20.6 Å². The normalized spacial score (nSPS) is 14.7. The van der Waals surface area contributed by atoms with Crippen molar-refractivity contribution in [3.8, 4) is 0 Å². The first kappa shape index (κ1) is 22.1. The maximum absolute atomic E-state index is 14.0. The third-order valence-corrected chi connectivity index (χ3v) is 5.18. The summed E-state index contributed by atoms with van der Waals surface area (Å²) in [7, 11) is -3.64. The van der Waals surface area contributed by atoms with Gasteiger partial charge in [-0.05, 0) is 37.1 Å². The molecule has 26 heavy (non-hydrogen) atoms. The van der Waals surface area contributed by atoms with E-state index in [4.69, 9.17) is 5.73 Å². The van der Waals surface area contributed by atoms with Gasteiger partial charge >= 0.3 is 0 Å². The van der Waals surface area contributed by atoms with E-state index in [-0.39, 0.29) is 17.3 Å². The second kappa shape index (κ2) is 8.16. The molecule has 0 aliphatic rings. The van der Waals surface area contributed by atoms with Crippen molar-refractivity contribution in [2.24, 2.45) is 5.73 Å². The molecule has 5 nitrogen and oxygen atoms in total. The molecule has 1 amide bonds. The van der Waals surface area contributed by atoms with Crippen LogP contribution in [0, 0.1) is 5.82 Å². The fourth-order valence-electron chi connectivity index (χ4n) is 2.43. The minimum atomic E-state index is -3.64. The van der Waals surface area contributed by atoms with Crippen LogP contribution in [-0.2, 0) is 20.2 Å². The molecule has 2 unspecified atom stereocenters. The van der Waals surface area contributed by atoms with Crippen LogP contribution in [0.1, 0.15) is 31.0 Å². The lowest BCUT2D eigenvalue weighted by Crippen LogP contribution is -2.49.